The molecule has 6 heteroatoms. The van der Waals surface area contributed by atoms with Crippen LogP contribution in [0.25, 0.3) is 0 Å². The molecule has 1 N–H and O–H groups in total. The van der Waals surface area contributed by atoms with Crippen molar-refractivity contribution in [1.82, 2.24) is 10.1 Å². The molecular weight excluding hydrogens is 260 g/mol. The van der Waals surface area contributed by atoms with Gasteiger partial charge in [0.05, 0.1) is 0 Å². The molecule has 0 aliphatic heterocycles. The molecule has 20 heavy (non-hydrogen) atoms. The highest BCUT2D eigenvalue weighted by Gasteiger charge is 2.30. The molecule has 1 heterocycles. The number of aliphatic carboxylic acids is 1. The minimum atomic E-state index is -1.05. The van der Waals surface area contributed by atoms with Crippen LogP contribution in [0.1, 0.15) is 41.8 Å². The molecule has 104 valence electrons. The molecule has 0 bridgehead atoms. The Bertz CT molecular complexity index is 619. The van der Waals surface area contributed by atoms with Gasteiger partial charge in [-0.15, -0.1) is 0 Å². The maximum absolute atomic E-state index is 12.1. The topological polar surface area (TPSA) is 93.3 Å². The van der Waals surface area contributed by atoms with Crippen LogP contribution in [-0.4, -0.2) is 27.0 Å². The Balaban J connectivity index is 2.29. The molecule has 1 unspecified atom stereocenters. The summed E-state index contributed by atoms with van der Waals surface area (Å²) in [6.45, 7) is 3.48. The van der Waals surface area contributed by atoms with Crippen LogP contribution >= 0.6 is 0 Å². The summed E-state index contributed by atoms with van der Waals surface area (Å²) in [6.07, 6.45) is 0. The van der Waals surface area contributed by atoms with Crippen LogP contribution in [0.4, 0.5) is 0 Å². The van der Waals surface area contributed by atoms with Crippen LogP contribution in [0.3, 0.4) is 0 Å². The third-order valence-corrected chi connectivity index (χ3v) is 2.88. The second kappa shape index (κ2) is 5.64. The van der Waals surface area contributed by atoms with E-state index < -0.39 is 17.7 Å². The maximum Gasteiger partial charge on any atom is 0.316 e. The van der Waals surface area contributed by atoms with E-state index in [4.69, 9.17) is 9.63 Å². The second-order valence-electron chi connectivity index (χ2n) is 4.71. The molecule has 0 radical (unpaired) electrons. The molecule has 0 saturated carbocycles. The highest BCUT2D eigenvalue weighted by molar-refractivity contribution is 6.06. The lowest BCUT2D eigenvalue weighted by molar-refractivity contribution is -0.140. The van der Waals surface area contributed by atoms with Crippen LogP contribution in [0, 0.1) is 5.92 Å². The van der Waals surface area contributed by atoms with Crippen molar-refractivity contribution in [2.75, 3.05) is 0 Å². The molecule has 0 spiro atoms. The van der Waals surface area contributed by atoms with Gasteiger partial charge in [-0.3, -0.25) is 9.59 Å². The molecule has 0 aliphatic carbocycles. The van der Waals surface area contributed by atoms with Gasteiger partial charge in [-0.05, 0) is 5.92 Å². The first-order valence-corrected chi connectivity index (χ1v) is 6.17. The second-order valence-corrected chi connectivity index (χ2v) is 4.71. The summed E-state index contributed by atoms with van der Waals surface area (Å²) in [7, 11) is 0. The molecule has 0 aliphatic rings. The van der Waals surface area contributed by atoms with Crippen LogP contribution < -0.4 is 0 Å². The van der Waals surface area contributed by atoms with Crippen molar-refractivity contribution in [3.8, 4) is 0 Å². The zero-order valence-corrected chi connectivity index (χ0v) is 11.1. The molecule has 2 aromatic rings. The Morgan fingerprint density at radius 1 is 1.20 bits per heavy atom. The molecule has 1 aromatic heterocycles. The van der Waals surface area contributed by atoms with Crippen molar-refractivity contribution < 1.29 is 19.2 Å². The van der Waals surface area contributed by atoms with E-state index in [1.165, 1.54) is 0 Å². The lowest BCUT2D eigenvalue weighted by Gasteiger charge is -2.10. The van der Waals surface area contributed by atoms with E-state index in [9.17, 15) is 9.59 Å². The van der Waals surface area contributed by atoms with E-state index >= 15 is 0 Å². The summed E-state index contributed by atoms with van der Waals surface area (Å²) < 4.78 is 4.93. The van der Waals surface area contributed by atoms with Gasteiger partial charge < -0.3 is 9.63 Å². The average Bonchev–Trinajstić information content (AvgIpc) is 2.87. The smallest absolute Gasteiger partial charge is 0.316 e. The molecule has 2 rings (SSSR count). The highest BCUT2D eigenvalue weighted by Crippen LogP contribution is 2.23. The standard InChI is InChI=1S/C14H14N2O4/c1-8(2)10(14(18)19)13-15-12(16-20-13)11(17)9-6-4-3-5-7-9/h3-8,10H,1-2H3,(H,18,19). The molecule has 0 saturated heterocycles. The zero-order chi connectivity index (χ0) is 14.7. The SMILES string of the molecule is CC(C)C(C(=O)O)c1nc(C(=O)c2ccccc2)no1. The fourth-order valence-corrected chi connectivity index (χ4v) is 1.85. The molecular formula is C14H14N2O4. The van der Waals surface area contributed by atoms with E-state index in [2.05, 4.69) is 10.1 Å². The number of rotatable bonds is 5. The number of carbonyl (C=O) groups excluding carboxylic acids is 1. The van der Waals surface area contributed by atoms with E-state index in [0.29, 0.717) is 5.56 Å². The van der Waals surface area contributed by atoms with E-state index in [-0.39, 0.29) is 17.6 Å². The first kappa shape index (κ1) is 13.9. The summed E-state index contributed by atoms with van der Waals surface area (Å²) >= 11 is 0. The van der Waals surface area contributed by atoms with Crippen molar-refractivity contribution in [3.63, 3.8) is 0 Å². The summed E-state index contributed by atoms with van der Waals surface area (Å²) in [6, 6.07) is 8.51. The first-order chi connectivity index (χ1) is 9.50. The van der Waals surface area contributed by atoms with Gasteiger partial charge in [0, 0.05) is 5.56 Å². The summed E-state index contributed by atoms with van der Waals surface area (Å²) in [5.41, 5.74) is 0.427. The highest BCUT2D eigenvalue weighted by atomic mass is 16.5. The molecule has 6 nitrogen and oxygen atoms in total. The third kappa shape index (κ3) is 2.74. The first-order valence-electron chi connectivity index (χ1n) is 6.17. The number of hydrogen-bond donors (Lipinski definition) is 1. The lowest BCUT2D eigenvalue weighted by atomic mass is 9.96. The van der Waals surface area contributed by atoms with E-state index in [0.717, 1.165) is 0 Å². The summed E-state index contributed by atoms with van der Waals surface area (Å²) in [4.78, 5) is 27.2. The summed E-state index contributed by atoms with van der Waals surface area (Å²) in [5, 5.41) is 12.7. The number of hydrogen-bond acceptors (Lipinski definition) is 5. The normalized spacial score (nSPS) is 12.3. The van der Waals surface area contributed by atoms with E-state index in [1.807, 2.05) is 0 Å². The zero-order valence-electron chi connectivity index (χ0n) is 11.1. The Morgan fingerprint density at radius 3 is 2.40 bits per heavy atom. The fraction of sp³-hybridized carbons (Fsp3) is 0.286. The molecule has 0 fully saturated rings. The lowest BCUT2D eigenvalue weighted by Crippen LogP contribution is -2.18. The predicted molar refractivity (Wildman–Crippen MR) is 69.4 cm³/mol. The number of carboxylic acid groups (broad SMARTS) is 1. The number of aromatic nitrogens is 2. The van der Waals surface area contributed by atoms with Gasteiger partial charge in [0.25, 0.3) is 0 Å². The molecule has 1 atom stereocenters. The summed E-state index contributed by atoms with van der Waals surface area (Å²) in [5.74, 6) is -2.76. The van der Waals surface area contributed by atoms with Crippen molar-refractivity contribution >= 4 is 11.8 Å². The van der Waals surface area contributed by atoms with Crippen molar-refractivity contribution in [3.05, 3.63) is 47.6 Å². The number of nitrogens with zero attached hydrogens (tertiary/aromatic N) is 2. The van der Waals surface area contributed by atoms with Gasteiger partial charge in [0.2, 0.25) is 17.5 Å². The van der Waals surface area contributed by atoms with Crippen molar-refractivity contribution in [2.45, 2.75) is 19.8 Å². The number of carbonyl (C=O) groups is 2. The van der Waals surface area contributed by atoms with E-state index in [1.54, 1.807) is 44.2 Å². The molecule has 1 aromatic carbocycles. The Labute approximate surface area is 115 Å². The van der Waals surface area contributed by atoms with Gasteiger partial charge in [-0.25, -0.2) is 0 Å². The van der Waals surface area contributed by atoms with Gasteiger partial charge in [0.15, 0.2) is 0 Å². The minimum Gasteiger partial charge on any atom is -0.481 e. The maximum atomic E-state index is 12.1. The van der Waals surface area contributed by atoms with Gasteiger partial charge in [-0.1, -0.05) is 49.3 Å². The fourth-order valence-electron chi connectivity index (χ4n) is 1.85. The Morgan fingerprint density at radius 2 is 1.85 bits per heavy atom. The van der Waals surface area contributed by atoms with Crippen LogP contribution in [0.2, 0.25) is 0 Å². The van der Waals surface area contributed by atoms with Crippen molar-refractivity contribution in [1.29, 1.82) is 0 Å². The quantitative estimate of drug-likeness (QED) is 0.839. The van der Waals surface area contributed by atoms with Crippen LogP contribution in [0.15, 0.2) is 34.9 Å². The number of ketones is 1. The Hall–Kier alpha value is -2.50. The largest absolute Gasteiger partial charge is 0.481 e. The number of benzene rings is 1. The predicted octanol–water partition coefficient (Wildman–Crippen LogP) is 2.12. The van der Waals surface area contributed by atoms with Crippen molar-refractivity contribution in [2.24, 2.45) is 5.92 Å². The third-order valence-electron chi connectivity index (χ3n) is 2.88. The monoisotopic (exact) mass is 274 g/mol. The van der Waals surface area contributed by atoms with Gasteiger partial charge in [0.1, 0.15) is 5.92 Å². The van der Waals surface area contributed by atoms with Gasteiger partial charge in [-0.2, -0.15) is 4.98 Å². The van der Waals surface area contributed by atoms with Crippen LogP contribution in [-0.2, 0) is 4.79 Å². The molecule has 0 amide bonds. The number of carboxylic acids is 1. The van der Waals surface area contributed by atoms with Gasteiger partial charge >= 0.3 is 5.97 Å². The van der Waals surface area contributed by atoms with Crippen LogP contribution in [0.5, 0.6) is 0 Å². The minimum absolute atomic E-state index is 0.0493. The Kier molecular flexibility index (Phi) is 3.93. The average molecular weight is 274 g/mol.